The highest BCUT2D eigenvalue weighted by Crippen LogP contribution is 2.19. The molecule has 0 unspecified atom stereocenters. The van der Waals surface area contributed by atoms with Crippen molar-refractivity contribution >= 4 is 22.6 Å². The van der Waals surface area contributed by atoms with Gasteiger partial charge in [0, 0.05) is 29.2 Å². The molecule has 0 aliphatic heterocycles. The molecule has 1 aromatic heterocycles. The highest BCUT2D eigenvalue weighted by atomic mass is 19.1. The van der Waals surface area contributed by atoms with Crippen LogP contribution in [0.1, 0.15) is 15.9 Å². The minimum atomic E-state index is -0.849. The molecule has 0 fully saturated rings. The number of benzene rings is 2. The normalized spacial score (nSPS) is 10.7. The Morgan fingerprint density at radius 1 is 1.09 bits per heavy atom. The molecule has 2 N–H and O–H groups in total. The summed E-state index contributed by atoms with van der Waals surface area (Å²) >= 11 is 0. The van der Waals surface area contributed by atoms with E-state index in [2.05, 4.69) is 10.3 Å². The number of halogens is 2. The van der Waals surface area contributed by atoms with E-state index in [0.29, 0.717) is 10.9 Å². The lowest BCUT2D eigenvalue weighted by atomic mass is 10.1. The number of carbonyl (C=O) groups excluding carboxylic acids is 2. The number of amides is 1. The predicted molar refractivity (Wildman–Crippen MR) is 80.8 cm³/mol. The van der Waals surface area contributed by atoms with E-state index in [0.717, 1.165) is 0 Å². The molecule has 116 valence electrons. The maximum absolute atomic E-state index is 13.5. The minimum Gasteiger partial charge on any atom is -0.360 e. The molecule has 0 aliphatic rings. The average Bonchev–Trinajstić information content (AvgIpc) is 2.96. The molecule has 23 heavy (non-hydrogen) atoms. The third kappa shape index (κ3) is 2.96. The second-order valence-corrected chi connectivity index (χ2v) is 5.00. The maximum atomic E-state index is 13.5. The molecule has 0 atom stereocenters. The smallest absolute Gasteiger partial charge is 0.292 e. The summed E-state index contributed by atoms with van der Waals surface area (Å²) in [5.74, 6) is -2.51. The second kappa shape index (κ2) is 6.00. The fourth-order valence-corrected chi connectivity index (χ4v) is 2.31. The van der Waals surface area contributed by atoms with Crippen LogP contribution in [-0.4, -0.2) is 16.7 Å². The Morgan fingerprint density at radius 2 is 1.87 bits per heavy atom. The van der Waals surface area contributed by atoms with Crippen LogP contribution in [0, 0.1) is 11.6 Å². The Hall–Kier alpha value is -3.02. The highest BCUT2D eigenvalue weighted by Gasteiger charge is 2.20. The number of aromatic amines is 1. The number of carbonyl (C=O) groups is 2. The van der Waals surface area contributed by atoms with Gasteiger partial charge >= 0.3 is 0 Å². The maximum Gasteiger partial charge on any atom is 0.292 e. The second-order valence-electron chi connectivity index (χ2n) is 5.00. The van der Waals surface area contributed by atoms with Gasteiger partial charge in [-0.3, -0.25) is 9.59 Å². The SMILES string of the molecule is O=C(NCc1ccccc1F)C(=O)c1c[nH]c2cc(F)ccc12. The van der Waals surface area contributed by atoms with Crippen LogP contribution in [0.4, 0.5) is 8.78 Å². The first-order valence-corrected chi connectivity index (χ1v) is 6.89. The molecule has 1 amide bonds. The standard InChI is InChI=1S/C17H12F2N2O2/c18-11-5-6-12-13(9-20-15(12)7-11)16(22)17(23)21-8-10-3-1-2-4-14(10)19/h1-7,9,20H,8H2,(H,21,23). The molecule has 6 heteroatoms. The van der Waals surface area contributed by atoms with Crippen LogP contribution < -0.4 is 5.32 Å². The number of rotatable bonds is 4. The molecule has 4 nitrogen and oxygen atoms in total. The van der Waals surface area contributed by atoms with Gasteiger partial charge in [-0.15, -0.1) is 0 Å². The van der Waals surface area contributed by atoms with E-state index >= 15 is 0 Å². The number of Topliss-reactive ketones (excluding diaryl/α,β-unsaturated/α-hetero) is 1. The molecular weight excluding hydrogens is 302 g/mol. The molecule has 1 heterocycles. The zero-order chi connectivity index (χ0) is 16.4. The van der Waals surface area contributed by atoms with Crippen molar-refractivity contribution in [3.05, 3.63) is 71.4 Å². The van der Waals surface area contributed by atoms with Gasteiger partial charge in [-0.2, -0.15) is 0 Å². The first kappa shape index (κ1) is 14.9. The first-order chi connectivity index (χ1) is 11.1. The molecule has 0 radical (unpaired) electrons. The summed E-state index contributed by atoms with van der Waals surface area (Å²) < 4.78 is 26.6. The molecule has 0 spiro atoms. The topological polar surface area (TPSA) is 62.0 Å². The van der Waals surface area contributed by atoms with Gasteiger partial charge in [-0.1, -0.05) is 18.2 Å². The van der Waals surface area contributed by atoms with Crippen molar-refractivity contribution in [1.29, 1.82) is 0 Å². The predicted octanol–water partition coefficient (Wildman–Crippen LogP) is 2.95. The van der Waals surface area contributed by atoms with Crippen molar-refractivity contribution < 1.29 is 18.4 Å². The van der Waals surface area contributed by atoms with Crippen molar-refractivity contribution in [3.8, 4) is 0 Å². The van der Waals surface area contributed by atoms with Crippen molar-refractivity contribution in [1.82, 2.24) is 10.3 Å². The molecule has 0 saturated heterocycles. The fourth-order valence-electron chi connectivity index (χ4n) is 2.31. The van der Waals surface area contributed by atoms with Gasteiger partial charge < -0.3 is 10.3 Å². The Kier molecular flexibility index (Phi) is 3.89. The molecule has 3 rings (SSSR count). The number of aromatic nitrogens is 1. The van der Waals surface area contributed by atoms with Gasteiger partial charge in [0.25, 0.3) is 11.7 Å². The quantitative estimate of drug-likeness (QED) is 0.574. The van der Waals surface area contributed by atoms with Crippen LogP contribution in [0.25, 0.3) is 10.9 Å². The molecule has 0 saturated carbocycles. The minimum absolute atomic E-state index is 0.0891. The van der Waals surface area contributed by atoms with Gasteiger partial charge in [0.15, 0.2) is 0 Å². The summed E-state index contributed by atoms with van der Waals surface area (Å²) in [4.78, 5) is 26.9. The summed E-state index contributed by atoms with van der Waals surface area (Å²) in [7, 11) is 0. The van der Waals surface area contributed by atoms with Crippen molar-refractivity contribution in [3.63, 3.8) is 0 Å². The van der Waals surface area contributed by atoms with E-state index < -0.39 is 23.3 Å². The van der Waals surface area contributed by atoms with Gasteiger partial charge in [-0.05, 0) is 24.3 Å². The Bertz CT molecular complexity index is 902. The van der Waals surface area contributed by atoms with Crippen molar-refractivity contribution in [2.45, 2.75) is 6.54 Å². The Labute approximate surface area is 130 Å². The number of H-pyrrole nitrogens is 1. The number of hydrogen-bond donors (Lipinski definition) is 2. The van der Waals surface area contributed by atoms with Crippen molar-refractivity contribution in [2.75, 3.05) is 0 Å². The third-order valence-corrected chi connectivity index (χ3v) is 3.49. The lowest BCUT2D eigenvalue weighted by molar-refractivity contribution is -0.117. The Balaban J connectivity index is 1.76. The van der Waals surface area contributed by atoms with Crippen LogP contribution in [0.2, 0.25) is 0 Å². The van der Waals surface area contributed by atoms with Crippen LogP contribution >= 0.6 is 0 Å². The van der Waals surface area contributed by atoms with Gasteiger partial charge in [0.2, 0.25) is 0 Å². The van der Waals surface area contributed by atoms with E-state index in [1.807, 2.05) is 0 Å². The molecule has 0 bridgehead atoms. The highest BCUT2D eigenvalue weighted by molar-refractivity contribution is 6.44. The monoisotopic (exact) mass is 314 g/mol. The molecule has 3 aromatic rings. The Morgan fingerprint density at radius 3 is 2.65 bits per heavy atom. The zero-order valence-electron chi connectivity index (χ0n) is 11.9. The lowest BCUT2D eigenvalue weighted by Gasteiger charge is -2.05. The van der Waals surface area contributed by atoms with Gasteiger partial charge in [0.1, 0.15) is 11.6 Å². The van der Waals surface area contributed by atoms with Crippen LogP contribution in [0.15, 0.2) is 48.7 Å². The fraction of sp³-hybridized carbons (Fsp3) is 0.0588. The van der Waals surface area contributed by atoms with Crippen LogP contribution in [-0.2, 0) is 11.3 Å². The molecule has 0 aliphatic carbocycles. The summed E-state index contributed by atoms with van der Waals surface area (Å²) in [5.41, 5.74) is 0.857. The van der Waals surface area contributed by atoms with E-state index in [4.69, 9.17) is 0 Å². The zero-order valence-corrected chi connectivity index (χ0v) is 11.9. The summed E-state index contributed by atoms with van der Waals surface area (Å²) in [6.07, 6.45) is 1.36. The largest absolute Gasteiger partial charge is 0.360 e. The third-order valence-electron chi connectivity index (χ3n) is 3.49. The number of hydrogen-bond acceptors (Lipinski definition) is 2. The number of ketones is 1. The first-order valence-electron chi connectivity index (χ1n) is 6.89. The van der Waals surface area contributed by atoms with E-state index in [1.54, 1.807) is 6.07 Å². The number of nitrogens with one attached hydrogen (secondary N) is 2. The summed E-state index contributed by atoms with van der Waals surface area (Å²) in [6.45, 7) is -0.0891. The lowest BCUT2D eigenvalue weighted by Crippen LogP contribution is -2.30. The van der Waals surface area contributed by atoms with Gasteiger partial charge in [0.05, 0.1) is 5.56 Å². The summed E-state index contributed by atoms with van der Waals surface area (Å²) in [6, 6.07) is 9.86. The molecular formula is C17H12F2N2O2. The average molecular weight is 314 g/mol. The van der Waals surface area contributed by atoms with Crippen LogP contribution in [0.5, 0.6) is 0 Å². The van der Waals surface area contributed by atoms with Crippen molar-refractivity contribution in [2.24, 2.45) is 0 Å². The van der Waals surface area contributed by atoms with E-state index in [-0.39, 0.29) is 17.7 Å². The van der Waals surface area contributed by atoms with E-state index in [1.165, 1.54) is 42.6 Å². The van der Waals surface area contributed by atoms with E-state index in [9.17, 15) is 18.4 Å². The van der Waals surface area contributed by atoms with Gasteiger partial charge in [-0.25, -0.2) is 8.78 Å². The molecule has 2 aromatic carbocycles. The summed E-state index contributed by atoms with van der Waals surface area (Å²) in [5, 5.41) is 2.84. The number of fused-ring (bicyclic) bond motifs is 1. The van der Waals surface area contributed by atoms with Crippen LogP contribution in [0.3, 0.4) is 0 Å².